The molecule has 0 amide bonds. The molecule has 0 saturated carbocycles. The molecule has 0 aliphatic heterocycles. The zero-order chi connectivity index (χ0) is 91.2. The van der Waals surface area contributed by atoms with Gasteiger partial charge in [-0.1, -0.05) is 462 Å². The quantitative estimate of drug-likeness (QED) is 0.0390. The number of benzene rings is 8. The first-order chi connectivity index (χ1) is 56.7. The summed E-state index contributed by atoms with van der Waals surface area (Å²) in [6.07, 6.45) is 2.91. The van der Waals surface area contributed by atoms with Crippen molar-refractivity contribution >= 4 is 291 Å². The zero-order valence-corrected chi connectivity index (χ0v) is 95.0. The van der Waals surface area contributed by atoms with Crippen molar-refractivity contribution in [3.05, 3.63) is 317 Å². The molecule has 124 heavy (non-hydrogen) atoms. The molecular weight excluding hydrogens is 2050 g/mol. The number of hydrogen-bond acceptors (Lipinski definition) is 4. The normalized spacial score (nSPS) is 11.9. The van der Waals surface area contributed by atoms with Crippen LogP contribution >= 0.6 is 186 Å². The van der Waals surface area contributed by atoms with Crippen LogP contribution in [0.25, 0.3) is 29.9 Å². The van der Waals surface area contributed by atoms with Crippen LogP contribution < -0.4 is 43.7 Å². The van der Waals surface area contributed by atoms with E-state index >= 15 is 0 Å². The summed E-state index contributed by atoms with van der Waals surface area (Å²) in [7, 11) is -7.69. The van der Waals surface area contributed by atoms with Crippen LogP contribution in [-0.2, 0) is 43.4 Å². The maximum absolute atomic E-state index is 6.48. The van der Waals surface area contributed by atoms with Crippen LogP contribution in [0.2, 0.25) is 198 Å². The van der Waals surface area contributed by atoms with Gasteiger partial charge < -0.3 is 39.7 Å². The summed E-state index contributed by atoms with van der Waals surface area (Å²) in [4.78, 5) is 41.8. The molecule has 0 N–H and O–H groups in total. The molecule has 0 fully saturated rings. The molecule has 0 atom stereocenters. The van der Waals surface area contributed by atoms with Gasteiger partial charge in [0.05, 0.1) is 0 Å². The predicted octanol–water partition coefficient (Wildman–Crippen LogP) is 28.6. The Balaban J connectivity index is 0.000000411. The Morgan fingerprint density at radius 3 is 0.395 bits per heavy atom. The van der Waals surface area contributed by atoms with Gasteiger partial charge in [0, 0.05) is 105 Å². The average Bonchev–Trinajstić information content (AvgIpc) is 0.728. The Kier molecular flexibility index (Phi) is 53.0. The van der Waals surface area contributed by atoms with Gasteiger partial charge in [-0.15, -0.1) is 39.3 Å². The summed E-state index contributed by atoms with van der Waals surface area (Å²) in [5.74, 6) is 0. The number of hydrogen-bond donors (Lipinski definition) is 0. The van der Waals surface area contributed by atoms with Gasteiger partial charge in [0.25, 0.3) is 0 Å². The molecule has 10 nitrogen and oxygen atoms in total. The van der Waals surface area contributed by atoms with E-state index < -0.39 is 61.7 Å². The molecule has 664 valence electrons. The largest absolute Gasteiger partial charge is 4.00 e. The Morgan fingerprint density at radius 2 is 0.315 bits per heavy atom. The third-order valence-corrected chi connectivity index (χ3v) is 28.8. The molecule has 0 saturated heterocycles. The van der Waals surface area contributed by atoms with E-state index in [4.69, 9.17) is 216 Å². The van der Waals surface area contributed by atoms with E-state index in [9.17, 15) is 0 Å². The Hall–Kier alpha value is -0.760. The van der Waals surface area contributed by atoms with E-state index in [-0.39, 0.29) is 43.4 Å². The third-order valence-electron chi connectivity index (χ3n) is 18.2. The van der Waals surface area contributed by atoms with Crippen LogP contribution in [0.3, 0.4) is 0 Å². The van der Waals surface area contributed by atoms with E-state index in [0.29, 0.717) is 80.4 Å². The van der Waals surface area contributed by atoms with Crippen molar-refractivity contribution in [3.63, 3.8) is 0 Å². The van der Waals surface area contributed by atoms with Gasteiger partial charge in [-0.2, -0.15) is 43.7 Å². The molecule has 8 aromatic carbocycles. The summed E-state index contributed by atoms with van der Waals surface area (Å²) < 4.78 is 0. The van der Waals surface area contributed by atoms with E-state index in [2.05, 4.69) is 138 Å². The molecule has 0 radical (unpaired) electrons. The Morgan fingerprint density at radius 1 is 0.202 bits per heavy atom. The summed E-state index contributed by atoms with van der Waals surface area (Å²) in [5.41, 5.74) is 6.24. The average molecular weight is 2160 g/mol. The van der Waals surface area contributed by atoms with E-state index in [1.165, 1.54) is 0 Å². The standard InChI is InChI=1S/2C24H12BCl8.2C15H39N4Si3.2C5H5N.2Ti/c2*26-17-1-13(2-18(27)9-17)25(14-3-19(28)10-20(29)4-14,15-5-21(30)11-22(31)6-15)16-7-23(32)12-24(33)8-16;2*1-20(2,3)16-10-13-19(14-11-17-21(4,5)6)15-12-18-22(7,8)9;2*1-2-4-6-5-3-1;;/h2*1-12H;2*10-15H2,1-9H3;2*1-5H;;/q2*-1;2*-3;;;2*+4. The van der Waals surface area contributed by atoms with Gasteiger partial charge in [0.2, 0.25) is 0 Å². The first kappa shape index (κ1) is 117. The molecular formula is C88H112B2Cl16N10Si6Ti2. The van der Waals surface area contributed by atoms with E-state index in [1.54, 1.807) is 73.3 Å². The topological polar surface area (TPSA) is 117 Å². The van der Waals surface area contributed by atoms with Crippen molar-refractivity contribution in [2.24, 2.45) is 0 Å². The number of halogens is 16. The van der Waals surface area contributed by atoms with Crippen molar-refractivity contribution < 1.29 is 43.4 Å². The number of nitrogens with zero attached hydrogens (tertiary/aromatic N) is 10. The zero-order valence-electron chi connectivity index (χ0n) is 73.8. The van der Waals surface area contributed by atoms with Crippen molar-refractivity contribution in [2.75, 3.05) is 78.5 Å². The van der Waals surface area contributed by atoms with Gasteiger partial charge in [0.1, 0.15) is 12.3 Å². The van der Waals surface area contributed by atoms with Gasteiger partial charge in [0.15, 0.2) is 0 Å². The minimum absolute atomic E-state index is 0. The van der Waals surface area contributed by atoms with Gasteiger partial charge >= 0.3 is 43.4 Å². The van der Waals surface area contributed by atoms with Crippen molar-refractivity contribution in [1.29, 1.82) is 0 Å². The van der Waals surface area contributed by atoms with Crippen LogP contribution in [0.1, 0.15) is 0 Å². The summed E-state index contributed by atoms with van der Waals surface area (Å²) in [6.45, 7) is 53.7. The molecule has 2 heterocycles. The predicted molar refractivity (Wildman–Crippen MR) is 571 cm³/mol. The second-order valence-corrected chi connectivity index (χ2v) is 70.3. The molecule has 0 aliphatic carbocycles. The van der Waals surface area contributed by atoms with Gasteiger partial charge in [-0.05, 0) is 112 Å². The number of aromatic nitrogens is 2. The fourth-order valence-electron chi connectivity index (χ4n) is 13.4. The number of rotatable bonds is 32. The van der Waals surface area contributed by atoms with Crippen molar-refractivity contribution in [2.45, 2.75) is 118 Å². The maximum atomic E-state index is 6.48. The molecule has 0 bridgehead atoms. The van der Waals surface area contributed by atoms with Crippen LogP contribution in [-0.4, -0.2) is 160 Å². The van der Waals surface area contributed by atoms with Crippen LogP contribution in [0.4, 0.5) is 0 Å². The fourth-order valence-corrected chi connectivity index (χ4v) is 22.3. The first-order valence-corrected chi connectivity index (χ1v) is 66.8. The number of pyridine rings is 2. The Bertz CT molecular complexity index is 3850. The van der Waals surface area contributed by atoms with Gasteiger partial charge in [-0.3, -0.25) is 9.97 Å². The molecule has 10 rings (SSSR count). The minimum atomic E-state index is -2.04. The first-order valence-electron chi connectivity index (χ1n) is 40.0. The molecule has 2 aromatic heterocycles. The van der Waals surface area contributed by atoms with Crippen LogP contribution in [0.15, 0.2) is 207 Å². The molecule has 0 aliphatic rings. The Labute approximate surface area is 857 Å². The SMILES string of the molecule is C[Si](C)(C)[N-]CCN(CC[N-][Si](C)(C)C)CC[N-][Si](C)(C)C.C[Si](C)(C)[N-]CCN(CC[N-][Si](C)(C)C)CC[N-][Si](C)(C)C.Clc1cc(Cl)cc([B-](c2cc(Cl)cc(Cl)c2)(c2cc(Cl)cc(Cl)c2)c2cc(Cl)cc(Cl)c2)c1.Clc1cc(Cl)cc([B-](c2cc(Cl)cc(Cl)c2)(c2cc(Cl)cc(Cl)c2)c2cc(Cl)cc(Cl)c2)c1.[Ti+4].[Ti+4].c1ccncc1.c1ccncc1. The second-order valence-electron chi connectivity index (χ2n) is 35.4. The van der Waals surface area contributed by atoms with Crippen LogP contribution in [0, 0.1) is 0 Å². The van der Waals surface area contributed by atoms with Crippen molar-refractivity contribution in [1.82, 2.24) is 19.8 Å². The monoisotopic (exact) mass is 2150 g/mol. The second kappa shape index (κ2) is 55.9. The summed E-state index contributed by atoms with van der Waals surface area (Å²) in [5, 5.41) is 7.31. The molecule has 36 heteroatoms. The minimum Gasteiger partial charge on any atom is -0.664 e. The molecule has 10 aromatic rings. The molecule has 0 unspecified atom stereocenters. The third kappa shape index (κ3) is 45.1. The van der Waals surface area contributed by atoms with Crippen LogP contribution in [0.5, 0.6) is 0 Å². The molecule has 0 spiro atoms. The van der Waals surface area contributed by atoms with E-state index in [1.807, 2.05) is 133 Å². The maximum Gasteiger partial charge on any atom is 4.00 e. The smallest absolute Gasteiger partial charge is 0.664 e. The van der Waals surface area contributed by atoms with E-state index in [0.717, 1.165) is 122 Å². The summed E-state index contributed by atoms with van der Waals surface area (Å²) >= 11 is 104. The van der Waals surface area contributed by atoms with Gasteiger partial charge in [-0.25, -0.2) is 0 Å². The summed E-state index contributed by atoms with van der Waals surface area (Å²) in [6, 6.07) is 54.1. The van der Waals surface area contributed by atoms with Crippen molar-refractivity contribution in [3.8, 4) is 0 Å². The fraction of sp³-hybridized carbons (Fsp3) is 0.341.